The van der Waals surface area contributed by atoms with Crippen LogP contribution >= 0.6 is 0 Å². The van der Waals surface area contributed by atoms with Crippen molar-refractivity contribution in [3.63, 3.8) is 0 Å². The van der Waals surface area contributed by atoms with Crippen LogP contribution in [-0.4, -0.2) is 15.0 Å². The molecular formula is C13H23N3. The Labute approximate surface area is 98.7 Å². The Bertz CT molecular complexity index is 261. The summed E-state index contributed by atoms with van der Waals surface area (Å²) in [6.45, 7) is 4.42. The van der Waals surface area contributed by atoms with E-state index >= 15 is 0 Å². The van der Waals surface area contributed by atoms with Gasteiger partial charge in [0.1, 0.15) is 18.0 Å². The molecule has 90 valence electrons. The molecule has 0 unspecified atom stereocenters. The van der Waals surface area contributed by atoms with Crippen LogP contribution in [0, 0.1) is 0 Å². The second kappa shape index (κ2) is 8.20. The van der Waals surface area contributed by atoms with E-state index in [2.05, 4.69) is 28.8 Å². The summed E-state index contributed by atoms with van der Waals surface area (Å²) in [5.41, 5.74) is 0. The van der Waals surface area contributed by atoms with Crippen LogP contribution in [0.5, 0.6) is 0 Å². The summed E-state index contributed by atoms with van der Waals surface area (Å²) in [5, 5.41) is 0. The molecule has 0 saturated heterocycles. The smallest absolute Gasteiger partial charge is 0.132 e. The van der Waals surface area contributed by atoms with Gasteiger partial charge in [-0.25, -0.2) is 15.0 Å². The molecule has 0 aliphatic heterocycles. The zero-order valence-electron chi connectivity index (χ0n) is 10.6. The van der Waals surface area contributed by atoms with E-state index in [0.29, 0.717) is 0 Å². The zero-order chi connectivity index (χ0) is 11.6. The minimum atomic E-state index is 0.968. The maximum Gasteiger partial charge on any atom is 0.132 e. The van der Waals surface area contributed by atoms with Gasteiger partial charge in [0.05, 0.1) is 0 Å². The largest absolute Gasteiger partial charge is 0.221 e. The van der Waals surface area contributed by atoms with Crippen LogP contribution in [0.15, 0.2) is 6.33 Å². The summed E-state index contributed by atoms with van der Waals surface area (Å²) in [4.78, 5) is 12.9. The molecule has 16 heavy (non-hydrogen) atoms. The number of aryl methyl sites for hydroxylation is 2. The molecule has 1 aromatic heterocycles. The van der Waals surface area contributed by atoms with E-state index in [0.717, 1.165) is 24.5 Å². The summed E-state index contributed by atoms with van der Waals surface area (Å²) in [5.74, 6) is 1.94. The highest BCUT2D eigenvalue weighted by atomic mass is 15.0. The minimum absolute atomic E-state index is 0.968. The van der Waals surface area contributed by atoms with Crippen molar-refractivity contribution in [2.75, 3.05) is 0 Å². The Morgan fingerprint density at radius 2 is 1.31 bits per heavy atom. The van der Waals surface area contributed by atoms with Crippen LogP contribution in [0.2, 0.25) is 0 Å². The van der Waals surface area contributed by atoms with E-state index in [-0.39, 0.29) is 0 Å². The Balaban J connectivity index is 2.37. The van der Waals surface area contributed by atoms with Gasteiger partial charge >= 0.3 is 0 Å². The Kier molecular flexibility index (Phi) is 6.70. The summed E-state index contributed by atoms with van der Waals surface area (Å²) in [6, 6.07) is 0. The third kappa shape index (κ3) is 5.19. The van der Waals surface area contributed by atoms with E-state index < -0.39 is 0 Å². The van der Waals surface area contributed by atoms with Crippen LogP contribution in [0.4, 0.5) is 0 Å². The van der Waals surface area contributed by atoms with Crippen molar-refractivity contribution >= 4 is 0 Å². The van der Waals surface area contributed by atoms with E-state index in [9.17, 15) is 0 Å². The lowest BCUT2D eigenvalue weighted by Crippen LogP contribution is -2.02. The van der Waals surface area contributed by atoms with Crippen molar-refractivity contribution in [1.82, 2.24) is 15.0 Å². The van der Waals surface area contributed by atoms with Crippen molar-refractivity contribution in [2.45, 2.75) is 65.2 Å². The SMILES string of the molecule is CCCCCc1ncnc(CCCCC)n1. The Morgan fingerprint density at radius 1 is 0.812 bits per heavy atom. The molecular weight excluding hydrogens is 198 g/mol. The lowest BCUT2D eigenvalue weighted by atomic mass is 10.2. The predicted molar refractivity (Wildman–Crippen MR) is 66.3 cm³/mol. The fourth-order valence-electron chi connectivity index (χ4n) is 1.68. The maximum atomic E-state index is 4.49. The number of rotatable bonds is 8. The molecule has 0 atom stereocenters. The van der Waals surface area contributed by atoms with E-state index in [1.807, 2.05) is 0 Å². The summed E-state index contributed by atoms with van der Waals surface area (Å²) in [6.07, 6.45) is 11.0. The molecule has 0 bridgehead atoms. The molecule has 0 radical (unpaired) electrons. The highest BCUT2D eigenvalue weighted by molar-refractivity contribution is 4.91. The maximum absolute atomic E-state index is 4.49. The molecule has 0 fully saturated rings. The predicted octanol–water partition coefficient (Wildman–Crippen LogP) is 3.34. The third-order valence-electron chi connectivity index (χ3n) is 2.68. The second-order valence-corrected chi connectivity index (χ2v) is 4.23. The first kappa shape index (κ1) is 13.1. The van der Waals surface area contributed by atoms with Gasteiger partial charge in [0.15, 0.2) is 0 Å². The molecule has 3 nitrogen and oxygen atoms in total. The molecule has 0 N–H and O–H groups in total. The van der Waals surface area contributed by atoms with Crippen molar-refractivity contribution in [2.24, 2.45) is 0 Å². The number of hydrogen-bond acceptors (Lipinski definition) is 3. The van der Waals surface area contributed by atoms with Crippen molar-refractivity contribution < 1.29 is 0 Å². The van der Waals surface area contributed by atoms with Crippen LogP contribution in [-0.2, 0) is 12.8 Å². The average Bonchev–Trinajstić information content (AvgIpc) is 2.30. The topological polar surface area (TPSA) is 38.7 Å². The van der Waals surface area contributed by atoms with Crippen LogP contribution in [0.1, 0.15) is 64.0 Å². The van der Waals surface area contributed by atoms with Gasteiger partial charge in [-0.15, -0.1) is 0 Å². The first-order valence-corrected chi connectivity index (χ1v) is 6.53. The molecule has 1 aromatic rings. The minimum Gasteiger partial charge on any atom is -0.221 e. The normalized spacial score (nSPS) is 10.6. The quantitative estimate of drug-likeness (QED) is 0.632. The number of nitrogens with zero attached hydrogens (tertiary/aromatic N) is 3. The molecule has 0 aromatic carbocycles. The number of hydrogen-bond donors (Lipinski definition) is 0. The fraction of sp³-hybridized carbons (Fsp3) is 0.769. The van der Waals surface area contributed by atoms with Crippen LogP contribution in [0.3, 0.4) is 0 Å². The average molecular weight is 221 g/mol. The molecule has 0 aliphatic carbocycles. The van der Waals surface area contributed by atoms with Crippen molar-refractivity contribution in [3.05, 3.63) is 18.0 Å². The summed E-state index contributed by atoms with van der Waals surface area (Å²) >= 11 is 0. The van der Waals surface area contributed by atoms with E-state index in [1.54, 1.807) is 6.33 Å². The first-order valence-electron chi connectivity index (χ1n) is 6.53. The van der Waals surface area contributed by atoms with Gasteiger partial charge in [0.2, 0.25) is 0 Å². The van der Waals surface area contributed by atoms with Gasteiger partial charge in [-0.3, -0.25) is 0 Å². The number of unbranched alkanes of at least 4 members (excludes halogenated alkanes) is 4. The number of aromatic nitrogens is 3. The van der Waals surface area contributed by atoms with Crippen molar-refractivity contribution in [1.29, 1.82) is 0 Å². The molecule has 0 saturated carbocycles. The van der Waals surface area contributed by atoms with Gasteiger partial charge in [0.25, 0.3) is 0 Å². The van der Waals surface area contributed by atoms with Crippen molar-refractivity contribution in [3.8, 4) is 0 Å². The van der Waals surface area contributed by atoms with Gasteiger partial charge in [0, 0.05) is 12.8 Å². The van der Waals surface area contributed by atoms with Gasteiger partial charge in [-0.1, -0.05) is 39.5 Å². The van der Waals surface area contributed by atoms with Crippen LogP contribution in [0.25, 0.3) is 0 Å². The molecule has 1 rings (SSSR count). The van der Waals surface area contributed by atoms with E-state index in [1.165, 1.54) is 38.5 Å². The molecule has 3 heteroatoms. The monoisotopic (exact) mass is 221 g/mol. The van der Waals surface area contributed by atoms with Gasteiger partial charge in [-0.05, 0) is 12.8 Å². The Morgan fingerprint density at radius 3 is 1.75 bits per heavy atom. The highest BCUT2D eigenvalue weighted by Crippen LogP contribution is 2.04. The third-order valence-corrected chi connectivity index (χ3v) is 2.68. The molecule has 1 heterocycles. The molecule has 0 amide bonds. The Hall–Kier alpha value is -0.990. The zero-order valence-corrected chi connectivity index (χ0v) is 10.6. The van der Waals surface area contributed by atoms with E-state index in [4.69, 9.17) is 0 Å². The summed E-state index contributed by atoms with van der Waals surface area (Å²) < 4.78 is 0. The van der Waals surface area contributed by atoms with Gasteiger partial charge in [-0.2, -0.15) is 0 Å². The highest BCUT2D eigenvalue weighted by Gasteiger charge is 2.00. The lowest BCUT2D eigenvalue weighted by molar-refractivity contribution is 0.659. The van der Waals surface area contributed by atoms with Gasteiger partial charge < -0.3 is 0 Å². The standard InChI is InChI=1S/C13H23N3/c1-3-5-7-9-12-14-11-15-13(16-12)10-8-6-4-2/h11H,3-10H2,1-2H3. The second-order valence-electron chi connectivity index (χ2n) is 4.23. The lowest BCUT2D eigenvalue weighted by Gasteiger charge is -2.02. The molecule has 0 spiro atoms. The molecule has 0 aliphatic rings. The summed E-state index contributed by atoms with van der Waals surface area (Å²) in [7, 11) is 0. The van der Waals surface area contributed by atoms with Crippen LogP contribution < -0.4 is 0 Å². The fourth-order valence-corrected chi connectivity index (χ4v) is 1.68. The first-order chi connectivity index (χ1) is 7.86.